The van der Waals surface area contributed by atoms with Crippen LogP contribution in [0.1, 0.15) is 17.0 Å². The number of fused-ring (bicyclic) bond motifs is 1. The van der Waals surface area contributed by atoms with Crippen LogP contribution < -0.4 is 14.8 Å². The number of rotatable bonds is 5. The molecular formula is C23H22ClN3O4. The fraction of sp³-hybridized carbons (Fsp3) is 0.304. The van der Waals surface area contributed by atoms with Gasteiger partial charge in [-0.15, -0.1) is 0 Å². The Balaban J connectivity index is 1.39. The van der Waals surface area contributed by atoms with E-state index in [1.54, 1.807) is 12.1 Å². The molecule has 2 aliphatic heterocycles. The molecule has 1 N–H and O–H groups in total. The van der Waals surface area contributed by atoms with Crippen LogP contribution in [0.5, 0.6) is 11.5 Å². The van der Waals surface area contributed by atoms with Crippen LogP contribution in [0.3, 0.4) is 0 Å². The zero-order valence-corrected chi connectivity index (χ0v) is 17.8. The number of nitrogens with one attached hydrogen (secondary N) is 1. The minimum Gasteiger partial charge on any atom is -0.454 e. The van der Waals surface area contributed by atoms with Crippen LogP contribution in [-0.2, 0) is 17.8 Å². The van der Waals surface area contributed by atoms with E-state index in [2.05, 4.69) is 10.2 Å². The first-order valence-electron chi connectivity index (χ1n) is 10.2. The molecule has 0 spiro atoms. The van der Waals surface area contributed by atoms with Gasteiger partial charge >= 0.3 is 0 Å². The zero-order chi connectivity index (χ0) is 21.4. The highest BCUT2D eigenvalue weighted by Gasteiger charge is 2.31. The van der Waals surface area contributed by atoms with Gasteiger partial charge in [0.2, 0.25) is 18.6 Å². The van der Waals surface area contributed by atoms with Crippen molar-refractivity contribution >= 4 is 17.5 Å². The van der Waals surface area contributed by atoms with E-state index < -0.39 is 0 Å². The number of benzene rings is 2. The third-order valence-electron chi connectivity index (χ3n) is 5.65. The zero-order valence-electron chi connectivity index (χ0n) is 17.1. The molecule has 1 unspecified atom stereocenters. The Hall–Kier alpha value is -3.03. The summed E-state index contributed by atoms with van der Waals surface area (Å²) in [6, 6.07) is 13.3. The summed E-state index contributed by atoms with van der Waals surface area (Å²) in [7, 11) is 0. The molecule has 1 atom stereocenters. The average molecular weight is 440 g/mol. The number of carbonyl (C=O) groups excluding carboxylic acids is 1. The lowest BCUT2D eigenvalue weighted by atomic mass is 10.0. The highest BCUT2D eigenvalue weighted by Crippen LogP contribution is 2.41. The Labute approximate surface area is 184 Å². The Morgan fingerprint density at radius 1 is 1.19 bits per heavy atom. The highest BCUT2D eigenvalue weighted by molar-refractivity contribution is 6.33. The van der Waals surface area contributed by atoms with E-state index in [1.165, 1.54) is 0 Å². The van der Waals surface area contributed by atoms with Crippen molar-refractivity contribution < 1.29 is 18.7 Å². The summed E-state index contributed by atoms with van der Waals surface area (Å²) in [6.45, 7) is 3.92. The molecule has 8 heteroatoms. The topological polar surface area (TPSA) is 76.8 Å². The Morgan fingerprint density at radius 3 is 2.77 bits per heavy atom. The van der Waals surface area contributed by atoms with Gasteiger partial charge in [0, 0.05) is 25.7 Å². The van der Waals surface area contributed by atoms with Gasteiger partial charge in [0.15, 0.2) is 11.5 Å². The van der Waals surface area contributed by atoms with Crippen LogP contribution in [0.2, 0.25) is 5.02 Å². The van der Waals surface area contributed by atoms with Gasteiger partial charge in [-0.2, -0.15) is 0 Å². The van der Waals surface area contributed by atoms with Crippen molar-refractivity contribution in [3.8, 4) is 23.0 Å². The van der Waals surface area contributed by atoms with E-state index in [-0.39, 0.29) is 18.7 Å². The molecule has 1 fully saturated rings. The summed E-state index contributed by atoms with van der Waals surface area (Å²) in [5, 5.41) is 3.46. The van der Waals surface area contributed by atoms with Crippen molar-refractivity contribution in [3.63, 3.8) is 0 Å². The van der Waals surface area contributed by atoms with Gasteiger partial charge in [0.1, 0.15) is 5.76 Å². The van der Waals surface area contributed by atoms with Gasteiger partial charge in [-0.1, -0.05) is 41.9 Å². The molecule has 0 saturated carbocycles. The van der Waals surface area contributed by atoms with Crippen LogP contribution in [0.4, 0.5) is 0 Å². The van der Waals surface area contributed by atoms with Crippen LogP contribution in [0.15, 0.2) is 46.9 Å². The van der Waals surface area contributed by atoms with Gasteiger partial charge in [0.05, 0.1) is 22.3 Å². The van der Waals surface area contributed by atoms with Crippen molar-refractivity contribution in [2.45, 2.75) is 25.9 Å². The smallest absolute Gasteiger partial charge is 0.237 e. The van der Waals surface area contributed by atoms with Crippen molar-refractivity contribution in [1.82, 2.24) is 15.2 Å². The molecule has 7 nitrogen and oxygen atoms in total. The minimum absolute atomic E-state index is 0.0373. The fourth-order valence-corrected chi connectivity index (χ4v) is 4.21. The molecule has 0 radical (unpaired) electrons. The molecule has 1 saturated heterocycles. The maximum atomic E-state index is 12.6. The maximum absolute atomic E-state index is 12.6. The molecule has 3 aromatic rings. The number of carbonyl (C=O) groups is 1. The van der Waals surface area contributed by atoms with Gasteiger partial charge in [-0.05, 0) is 25.0 Å². The molecule has 1 amide bonds. The summed E-state index contributed by atoms with van der Waals surface area (Å²) in [4.78, 5) is 19.5. The number of aromatic nitrogens is 1. The summed E-state index contributed by atoms with van der Waals surface area (Å²) < 4.78 is 16.8. The van der Waals surface area contributed by atoms with E-state index in [0.717, 1.165) is 17.8 Å². The van der Waals surface area contributed by atoms with Crippen LogP contribution in [0.25, 0.3) is 11.5 Å². The lowest BCUT2D eigenvalue weighted by molar-refractivity contribution is -0.129. The summed E-state index contributed by atoms with van der Waals surface area (Å²) in [6.07, 6.45) is 0.643. The first kappa shape index (κ1) is 19.9. The van der Waals surface area contributed by atoms with E-state index >= 15 is 0 Å². The second-order valence-corrected chi connectivity index (χ2v) is 8.08. The van der Waals surface area contributed by atoms with Crippen LogP contribution in [0, 0.1) is 6.92 Å². The number of ether oxygens (including phenoxy) is 2. The van der Waals surface area contributed by atoms with E-state index in [9.17, 15) is 4.79 Å². The molecular weight excluding hydrogens is 418 g/mol. The lowest BCUT2D eigenvalue weighted by Gasteiger charge is -2.34. The molecule has 3 heterocycles. The third kappa shape index (κ3) is 3.98. The van der Waals surface area contributed by atoms with Gasteiger partial charge in [-0.3, -0.25) is 9.69 Å². The SMILES string of the molecule is Cc1oc(-c2cc3c(cc2Cl)OCO3)nc1CN1CCNC(=O)C1Cc1ccccc1. The van der Waals surface area contributed by atoms with Gasteiger partial charge in [-0.25, -0.2) is 4.98 Å². The van der Waals surface area contributed by atoms with E-state index in [4.69, 9.17) is 30.5 Å². The molecule has 0 bridgehead atoms. The lowest BCUT2D eigenvalue weighted by Crippen LogP contribution is -2.55. The predicted octanol–water partition coefficient (Wildman–Crippen LogP) is 3.58. The van der Waals surface area contributed by atoms with Gasteiger partial charge < -0.3 is 19.2 Å². The van der Waals surface area contributed by atoms with Crippen molar-refractivity contribution in [3.05, 3.63) is 64.5 Å². The monoisotopic (exact) mass is 439 g/mol. The predicted molar refractivity (Wildman–Crippen MR) is 115 cm³/mol. The highest BCUT2D eigenvalue weighted by atomic mass is 35.5. The Morgan fingerprint density at radius 2 is 1.97 bits per heavy atom. The van der Waals surface area contributed by atoms with Crippen molar-refractivity contribution in [1.29, 1.82) is 0 Å². The first-order valence-corrected chi connectivity index (χ1v) is 10.6. The summed E-state index contributed by atoms with van der Waals surface area (Å²) >= 11 is 6.43. The molecule has 0 aliphatic carbocycles. The molecule has 31 heavy (non-hydrogen) atoms. The average Bonchev–Trinajstić information content (AvgIpc) is 3.36. The summed E-state index contributed by atoms with van der Waals surface area (Å²) in [5.74, 6) is 2.40. The first-order chi connectivity index (χ1) is 15.1. The minimum atomic E-state index is -0.259. The fourth-order valence-electron chi connectivity index (χ4n) is 3.97. The van der Waals surface area contributed by atoms with Gasteiger partial charge in [0.25, 0.3) is 0 Å². The third-order valence-corrected chi connectivity index (χ3v) is 5.96. The molecule has 2 aliphatic rings. The van der Waals surface area contributed by atoms with Crippen molar-refractivity contribution in [2.75, 3.05) is 19.9 Å². The number of halogens is 1. The van der Waals surface area contributed by atoms with E-state index in [1.807, 2.05) is 37.3 Å². The van der Waals surface area contributed by atoms with Crippen LogP contribution in [-0.4, -0.2) is 41.7 Å². The maximum Gasteiger partial charge on any atom is 0.237 e. The number of hydrogen-bond acceptors (Lipinski definition) is 6. The Bertz CT molecular complexity index is 1120. The number of hydrogen-bond donors (Lipinski definition) is 1. The number of aryl methyl sites for hydroxylation is 1. The number of oxazole rings is 1. The van der Waals surface area contributed by atoms with Crippen molar-refractivity contribution in [2.24, 2.45) is 0 Å². The van der Waals surface area contributed by atoms with Crippen LogP contribution >= 0.6 is 11.6 Å². The standard InChI is InChI=1S/C23H22ClN3O4/c1-14-18(26-23(31-14)16-10-20-21(11-17(16)24)30-13-29-20)12-27-8-7-25-22(28)19(27)9-15-5-3-2-4-6-15/h2-6,10-11,19H,7-9,12-13H2,1H3,(H,25,28). The summed E-state index contributed by atoms with van der Waals surface area (Å²) in [5.41, 5.74) is 2.56. The number of nitrogens with zero attached hydrogens (tertiary/aromatic N) is 2. The quantitative estimate of drug-likeness (QED) is 0.654. The molecule has 2 aromatic carbocycles. The number of piperazine rings is 1. The molecule has 1 aromatic heterocycles. The largest absolute Gasteiger partial charge is 0.454 e. The molecule has 160 valence electrons. The van der Waals surface area contributed by atoms with E-state index in [0.29, 0.717) is 53.2 Å². The second kappa shape index (κ2) is 8.24. The second-order valence-electron chi connectivity index (χ2n) is 7.67. The molecule has 5 rings (SSSR count). The number of amides is 1. The Kier molecular flexibility index (Phi) is 5.29. The normalized spacial score (nSPS) is 18.3.